The number of hydrogen-bond donors (Lipinski definition) is 1. The van der Waals surface area contributed by atoms with Crippen LogP contribution in [0, 0.1) is 19.7 Å². The van der Waals surface area contributed by atoms with Crippen molar-refractivity contribution >= 4 is 5.69 Å². The molecule has 1 aromatic carbocycles. The molecular weight excluding hydrogens is 193 g/mol. The molecule has 1 heterocycles. The van der Waals surface area contributed by atoms with Gasteiger partial charge in [0.05, 0.1) is 5.69 Å². The molecule has 0 aliphatic heterocycles. The highest BCUT2D eigenvalue weighted by molar-refractivity contribution is 5.69. The van der Waals surface area contributed by atoms with Crippen molar-refractivity contribution in [3.05, 3.63) is 41.6 Å². The SMILES string of the molecule is Cc1cc(-c2ccc(F)c(N)c2)c(C)o1. The molecule has 0 unspecified atom stereocenters. The molecule has 0 fully saturated rings. The Balaban J connectivity index is 2.54. The van der Waals surface area contributed by atoms with E-state index < -0.39 is 5.82 Å². The van der Waals surface area contributed by atoms with E-state index in [0.717, 1.165) is 22.6 Å². The molecule has 78 valence electrons. The maximum atomic E-state index is 13.0. The summed E-state index contributed by atoms with van der Waals surface area (Å²) in [4.78, 5) is 0. The fraction of sp³-hybridized carbons (Fsp3) is 0.167. The molecule has 0 radical (unpaired) electrons. The molecule has 2 rings (SSSR count). The molecule has 0 saturated heterocycles. The van der Waals surface area contributed by atoms with Gasteiger partial charge in [0.15, 0.2) is 0 Å². The molecule has 3 heteroatoms. The highest BCUT2D eigenvalue weighted by atomic mass is 19.1. The number of anilines is 1. The van der Waals surface area contributed by atoms with Crippen molar-refractivity contribution in [1.29, 1.82) is 0 Å². The van der Waals surface area contributed by atoms with Crippen molar-refractivity contribution in [3.8, 4) is 11.1 Å². The van der Waals surface area contributed by atoms with Crippen LogP contribution in [0.25, 0.3) is 11.1 Å². The van der Waals surface area contributed by atoms with Gasteiger partial charge in [0.1, 0.15) is 17.3 Å². The molecule has 0 aliphatic rings. The second-order valence-electron chi connectivity index (χ2n) is 3.56. The Kier molecular flexibility index (Phi) is 2.23. The second kappa shape index (κ2) is 3.42. The first-order valence-electron chi connectivity index (χ1n) is 4.70. The van der Waals surface area contributed by atoms with Gasteiger partial charge in [-0.15, -0.1) is 0 Å². The number of aryl methyl sites for hydroxylation is 2. The van der Waals surface area contributed by atoms with Gasteiger partial charge < -0.3 is 10.2 Å². The molecular formula is C12H12FNO. The van der Waals surface area contributed by atoms with E-state index >= 15 is 0 Å². The minimum Gasteiger partial charge on any atom is -0.466 e. The Hall–Kier alpha value is -1.77. The van der Waals surface area contributed by atoms with Crippen LogP contribution in [0.5, 0.6) is 0 Å². The summed E-state index contributed by atoms with van der Waals surface area (Å²) in [5.41, 5.74) is 7.50. The molecule has 0 bridgehead atoms. The molecule has 0 atom stereocenters. The van der Waals surface area contributed by atoms with Crippen molar-refractivity contribution in [1.82, 2.24) is 0 Å². The summed E-state index contributed by atoms with van der Waals surface area (Å²) >= 11 is 0. The summed E-state index contributed by atoms with van der Waals surface area (Å²) in [7, 11) is 0. The Bertz CT molecular complexity index is 502. The van der Waals surface area contributed by atoms with Crippen molar-refractivity contribution in [2.75, 3.05) is 5.73 Å². The largest absolute Gasteiger partial charge is 0.466 e. The third-order valence-corrected chi connectivity index (χ3v) is 2.35. The van der Waals surface area contributed by atoms with E-state index in [4.69, 9.17) is 10.2 Å². The summed E-state index contributed by atoms with van der Waals surface area (Å²) in [6, 6.07) is 6.60. The van der Waals surface area contributed by atoms with Crippen LogP contribution < -0.4 is 5.73 Å². The third-order valence-electron chi connectivity index (χ3n) is 2.35. The van der Waals surface area contributed by atoms with Crippen LogP contribution in [0.4, 0.5) is 10.1 Å². The topological polar surface area (TPSA) is 39.2 Å². The Labute approximate surface area is 87.5 Å². The van der Waals surface area contributed by atoms with Crippen LogP contribution in [-0.4, -0.2) is 0 Å². The molecule has 0 aliphatic carbocycles. The minimum absolute atomic E-state index is 0.158. The van der Waals surface area contributed by atoms with E-state index in [1.165, 1.54) is 6.07 Å². The van der Waals surface area contributed by atoms with Crippen LogP contribution in [-0.2, 0) is 0 Å². The molecule has 2 nitrogen and oxygen atoms in total. The summed E-state index contributed by atoms with van der Waals surface area (Å²) in [6.07, 6.45) is 0. The maximum absolute atomic E-state index is 13.0. The average Bonchev–Trinajstić information content (AvgIpc) is 2.50. The molecule has 2 aromatic rings. The lowest BCUT2D eigenvalue weighted by Crippen LogP contribution is -1.90. The van der Waals surface area contributed by atoms with Crippen molar-refractivity contribution in [2.45, 2.75) is 13.8 Å². The predicted molar refractivity (Wildman–Crippen MR) is 58.0 cm³/mol. The van der Waals surface area contributed by atoms with Crippen molar-refractivity contribution in [3.63, 3.8) is 0 Å². The predicted octanol–water partition coefficient (Wildman–Crippen LogP) is 3.28. The highest BCUT2D eigenvalue weighted by Gasteiger charge is 2.08. The van der Waals surface area contributed by atoms with Crippen LogP contribution in [0.15, 0.2) is 28.7 Å². The van der Waals surface area contributed by atoms with E-state index in [-0.39, 0.29) is 5.69 Å². The normalized spacial score (nSPS) is 10.6. The van der Waals surface area contributed by atoms with Gasteiger partial charge in [0.2, 0.25) is 0 Å². The quantitative estimate of drug-likeness (QED) is 0.725. The van der Waals surface area contributed by atoms with Gasteiger partial charge in [-0.2, -0.15) is 0 Å². The van der Waals surface area contributed by atoms with Crippen molar-refractivity contribution in [2.24, 2.45) is 0 Å². The molecule has 0 amide bonds. The number of nitrogens with two attached hydrogens (primary N) is 1. The van der Waals surface area contributed by atoms with Crippen LogP contribution in [0.3, 0.4) is 0 Å². The zero-order chi connectivity index (χ0) is 11.0. The Morgan fingerprint density at radius 2 is 1.93 bits per heavy atom. The van der Waals surface area contributed by atoms with E-state index in [9.17, 15) is 4.39 Å². The third kappa shape index (κ3) is 1.73. The molecule has 0 spiro atoms. The maximum Gasteiger partial charge on any atom is 0.146 e. The van der Waals surface area contributed by atoms with Crippen LogP contribution in [0.1, 0.15) is 11.5 Å². The van der Waals surface area contributed by atoms with Crippen LogP contribution >= 0.6 is 0 Å². The standard InChI is InChI=1S/C12H12FNO/c1-7-5-10(8(2)15-7)9-3-4-11(13)12(14)6-9/h3-6H,14H2,1-2H3. The number of halogens is 1. The van der Waals surface area contributed by atoms with E-state index in [2.05, 4.69) is 0 Å². The molecule has 2 N–H and O–H groups in total. The van der Waals surface area contributed by atoms with E-state index in [1.54, 1.807) is 12.1 Å². The summed E-state index contributed by atoms with van der Waals surface area (Å²) < 4.78 is 18.4. The lowest BCUT2D eigenvalue weighted by molar-refractivity contribution is 0.505. The van der Waals surface area contributed by atoms with Gasteiger partial charge in [0, 0.05) is 5.56 Å². The number of nitrogen functional groups attached to an aromatic ring is 1. The lowest BCUT2D eigenvalue weighted by atomic mass is 10.1. The van der Waals surface area contributed by atoms with E-state index in [0.29, 0.717) is 0 Å². The number of benzene rings is 1. The summed E-state index contributed by atoms with van der Waals surface area (Å²) in [6.45, 7) is 3.76. The van der Waals surface area contributed by atoms with Gasteiger partial charge in [-0.05, 0) is 37.6 Å². The van der Waals surface area contributed by atoms with Gasteiger partial charge in [-0.3, -0.25) is 0 Å². The number of rotatable bonds is 1. The fourth-order valence-electron chi connectivity index (χ4n) is 1.63. The summed E-state index contributed by atoms with van der Waals surface area (Å²) in [5.74, 6) is 1.26. The number of hydrogen-bond acceptors (Lipinski definition) is 2. The molecule has 15 heavy (non-hydrogen) atoms. The zero-order valence-electron chi connectivity index (χ0n) is 8.67. The molecule has 1 aromatic heterocycles. The smallest absolute Gasteiger partial charge is 0.146 e. The molecule has 0 saturated carbocycles. The minimum atomic E-state index is -0.392. The van der Waals surface area contributed by atoms with Gasteiger partial charge in [-0.25, -0.2) is 4.39 Å². The van der Waals surface area contributed by atoms with Gasteiger partial charge in [0.25, 0.3) is 0 Å². The van der Waals surface area contributed by atoms with Gasteiger partial charge >= 0.3 is 0 Å². The first kappa shape index (κ1) is 9.77. The highest BCUT2D eigenvalue weighted by Crippen LogP contribution is 2.28. The summed E-state index contributed by atoms with van der Waals surface area (Å²) in [5, 5.41) is 0. The second-order valence-corrected chi connectivity index (χ2v) is 3.56. The van der Waals surface area contributed by atoms with Crippen molar-refractivity contribution < 1.29 is 8.81 Å². The van der Waals surface area contributed by atoms with E-state index in [1.807, 2.05) is 19.9 Å². The fourth-order valence-corrected chi connectivity index (χ4v) is 1.63. The van der Waals surface area contributed by atoms with Gasteiger partial charge in [-0.1, -0.05) is 6.07 Å². The zero-order valence-corrected chi connectivity index (χ0v) is 8.67. The monoisotopic (exact) mass is 205 g/mol. The van der Waals surface area contributed by atoms with Crippen LogP contribution in [0.2, 0.25) is 0 Å². The first-order chi connectivity index (χ1) is 7.08. The Morgan fingerprint density at radius 1 is 1.20 bits per heavy atom. The Morgan fingerprint density at radius 3 is 2.47 bits per heavy atom. The first-order valence-corrected chi connectivity index (χ1v) is 4.70. The average molecular weight is 205 g/mol. The number of furan rings is 1. The lowest BCUT2D eigenvalue weighted by Gasteiger charge is -2.01.